The van der Waals surface area contributed by atoms with Crippen LogP contribution in [-0.2, 0) is 0 Å². The second-order valence-corrected chi connectivity index (χ2v) is 7.43. The van der Waals surface area contributed by atoms with Gasteiger partial charge >= 0.3 is 0 Å². The molecule has 4 rings (SSSR count). The number of pyridine rings is 1. The van der Waals surface area contributed by atoms with Gasteiger partial charge in [0.2, 0.25) is 0 Å². The first-order chi connectivity index (χ1) is 13.5. The van der Waals surface area contributed by atoms with Crippen LogP contribution in [0.2, 0.25) is 5.02 Å². The number of anilines is 2. The molecular weight excluding hydrogens is 374 g/mol. The van der Waals surface area contributed by atoms with E-state index in [-0.39, 0.29) is 0 Å². The van der Waals surface area contributed by atoms with Crippen LogP contribution in [0.3, 0.4) is 0 Å². The molecule has 0 atom stereocenters. The van der Waals surface area contributed by atoms with Gasteiger partial charge in [0, 0.05) is 24.7 Å². The van der Waals surface area contributed by atoms with Crippen LogP contribution in [0.25, 0.3) is 27.9 Å². The first-order valence-corrected chi connectivity index (χ1v) is 9.40. The zero-order valence-corrected chi connectivity index (χ0v) is 16.8. The minimum Gasteiger partial charge on any atom is -0.382 e. The number of imidazole rings is 1. The Labute approximate surface area is 168 Å². The fraction of sp³-hybridized carbons (Fsp3) is 0.250. The van der Waals surface area contributed by atoms with E-state index in [1.165, 1.54) is 0 Å². The molecule has 0 fully saturated rings. The summed E-state index contributed by atoms with van der Waals surface area (Å²) in [5.74, 6) is 1.91. The van der Waals surface area contributed by atoms with E-state index in [4.69, 9.17) is 17.3 Å². The summed E-state index contributed by atoms with van der Waals surface area (Å²) >= 11 is 6.49. The van der Waals surface area contributed by atoms with Crippen LogP contribution in [0, 0.1) is 6.92 Å². The van der Waals surface area contributed by atoms with Crippen LogP contribution in [0.1, 0.15) is 5.56 Å². The molecule has 1 aromatic carbocycles. The van der Waals surface area contributed by atoms with Crippen molar-refractivity contribution in [2.24, 2.45) is 0 Å². The molecule has 0 saturated carbocycles. The average molecular weight is 396 g/mol. The molecule has 3 aromatic heterocycles. The van der Waals surface area contributed by atoms with Crippen molar-refractivity contribution in [2.75, 3.05) is 38.2 Å². The Hall–Kier alpha value is -2.90. The molecule has 0 aliphatic rings. The Morgan fingerprint density at radius 2 is 1.96 bits per heavy atom. The third-order valence-corrected chi connectivity index (χ3v) is 4.99. The van der Waals surface area contributed by atoms with Crippen LogP contribution in [0.15, 0.2) is 36.7 Å². The van der Waals surface area contributed by atoms with Gasteiger partial charge in [0.15, 0.2) is 0 Å². The first-order valence-electron chi connectivity index (χ1n) is 9.02. The summed E-state index contributed by atoms with van der Waals surface area (Å²) in [7, 11) is 4.07. The maximum atomic E-state index is 6.49. The first kappa shape index (κ1) is 18.5. The van der Waals surface area contributed by atoms with Crippen LogP contribution in [0.4, 0.5) is 11.6 Å². The van der Waals surface area contributed by atoms with Gasteiger partial charge in [-0.25, -0.2) is 15.0 Å². The van der Waals surface area contributed by atoms with Gasteiger partial charge in [-0.2, -0.15) is 0 Å². The lowest BCUT2D eigenvalue weighted by molar-refractivity contribution is 0.425. The molecule has 0 radical (unpaired) electrons. The number of aryl methyl sites for hydroxylation is 1. The van der Waals surface area contributed by atoms with Gasteiger partial charge in [-0.15, -0.1) is 0 Å². The van der Waals surface area contributed by atoms with E-state index in [2.05, 4.69) is 25.2 Å². The van der Waals surface area contributed by atoms with Crippen molar-refractivity contribution in [1.82, 2.24) is 24.3 Å². The lowest BCUT2D eigenvalue weighted by Gasteiger charge is -2.13. The number of fused-ring (bicyclic) bond motifs is 3. The number of nitrogens with two attached hydrogens (primary N) is 1. The summed E-state index contributed by atoms with van der Waals surface area (Å²) in [5, 5.41) is 3.96. The molecule has 28 heavy (non-hydrogen) atoms. The fourth-order valence-corrected chi connectivity index (χ4v) is 3.56. The third kappa shape index (κ3) is 3.23. The highest BCUT2D eigenvalue weighted by molar-refractivity contribution is 6.33. The van der Waals surface area contributed by atoms with Gasteiger partial charge in [-0.1, -0.05) is 23.7 Å². The highest BCUT2D eigenvalue weighted by atomic mass is 35.5. The predicted octanol–water partition coefficient (Wildman–Crippen LogP) is 3.46. The zero-order chi connectivity index (χ0) is 19.8. The fourth-order valence-electron chi connectivity index (χ4n) is 3.26. The van der Waals surface area contributed by atoms with Crippen molar-refractivity contribution >= 4 is 39.8 Å². The van der Waals surface area contributed by atoms with E-state index >= 15 is 0 Å². The van der Waals surface area contributed by atoms with E-state index in [0.29, 0.717) is 10.8 Å². The molecule has 0 amide bonds. The Kier molecular flexibility index (Phi) is 4.78. The second kappa shape index (κ2) is 7.26. The quantitative estimate of drug-likeness (QED) is 0.538. The van der Waals surface area contributed by atoms with Gasteiger partial charge < -0.3 is 16.0 Å². The summed E-state index contributed by atoms with van der Waals surface area (Å²) in [5.41, 5.74) is 10.5. The summed E-state index contributed by atoms with van der Waals surface area (Å²) in [4.78, 5) is 15.8. The highest BCUT2D eigenvalue weighted by Gasteiger charge is 2.17. The Morgan fingerprint density at radius 1 is 1.18 bits per heavy atom. The Morgan fingerprint density at radius 3 is 2.71 bits per heavy atom. The van der Waals surface area contributed by atoms with Crippen molar-refractivity contribution in [3.63, 3.8) is 0 Å². The van der Waals surface area contributed by atoms with E-state index in [1.54, 1.807) is 12.4 Å². The molecule has 3 N–H and O–H groups in total. The molecule has 0 spiro atoms. The van der Waals surface area contributed by atoms with Gasteiger partial charge in [-0.05, 0) is 32.6 Å². The van der Waals surface area contributed by atoms with Crippen molar-refractivity contribution in [2.45, 2.75) is 6.92 Å². The van der Waals surface area contributed by atoms with Crippen LogP contribution < -0.4 is 11.1 Å². The molecule has 0 aliphatic heterocycles. The number of aromatic nitrogens is 4. The van der Waals surface area contributed by atoms with Crippen molar-refractivity contribution in [1.29, 1.82) is 0 Å². The molecule has 0 aliphatic carbocycles. The Balaban J connectivity index is 1.88. The van der Waals surface area contributed by atoms with Crippen LogP contribution in [0.5, 0.6) is 0 Å². The largest absolute Gasteiger partial charge is 0.382 e. The molecule has 3 heterocycles. The van der Waals surface area contributed by atoms with Crippen molar-refractivity contribution in [3.05, 3.63) is 47.2 Å². The predicted molar refractivity (Wildman–Crippen MR) is 115 cm³/mol. The van der Waals surface area contributed by atoms with Gasteiger partial charge in [0.05, 0.1) is 28.4 Å². The second-order valence-electron chi connectivity index (χ2n) is 7.02. The average Bonchev–Trinajstić information content (AvgIpc) is 3.07. The summed E-state index contributed by atoms with van der Waals surface area (Å²) < 4.78 is 1.97. The van der Waals surface area contributed by atoms with Gasteiger partial charge in [-0.3, -0.25) is 4.40 Å². The number of rotatable bonds is 5. The number of hydrogen-bond acceptors (Lipinski definition) is 6. The summed E-state index contributed by atoms with van der Waals surface area (Å²) in [6.45, 7) is 3.71. The third-order valence-electron chi connectivity index (χ3n) is 4.68. The van der Waals surface area contributed by atoms with Gasteiger partial charge in [0.25, 0.3) is 0 Å². The lowest BCUT2D eigenvalue weighted by atomic mass is 10.1. The minimum absolute atomic E-state index is 0.418. The molecule has 4 aromatic rings. The smallest absolute Gasteiger partial charge is 0.150 e. The van der Waals surface area contributed by atoms with Crippen molar-refractivity contribution in [3.8, 4) is 11.4 Å². The maximum absolute atomic E-state index is 6.49. The number of nitrogens with zero attached hydrogens (tertiary/aromatic N) is 5. The highest BCUT2D eigenvalue weighted by Crippen LogP contribution is 2.33. The number of nitrogens with one attached hydrogen (secondary N) is 1. The lowest BCUT2D eigenvalue weighted by Crippen LogP contribution is -2.21. The zero-order valence-electron chi connectivity index (χ0n) is 16.1. The molecule has 7 nitrogen and oxygen atoms in total. The molecule has 8 heteroatoms. The molecular formula is C20H22ClN7. The molecule has 144 valence electrons. The monoisotopic (exact) mass is 395 g/mol. The van der Waals surface area contributed by atoms with E-state index in [9.17, 15) is 0 Å². The van der Waals surface area contributed by atoms with Crippen LogP contribution in [-0.4, -0.2) is 51.4 Å². The molecule has 0 unspecified atom stereocenters. The normalized spacial score (nSPS) is 11.6. The topological polar surface area (TPSA) is 84.4 Å². The van der Waals surface area contributed by atoms with E-state index < -0.39 is 0 Å². The number of hydrogen-bond donors (Lipinski definition) is 2. The maximum Gasteiger partial charge on any atom is 0.150 e. The number of halogens is 1. The standard InChI is InChI=1S/C20H22ClN7/c1-12-5-4-6-13(21)18(12)20-25-11-16-19(22)26-14-9-17(23-7-8-27(2)3)24-10-15(14)28(16)20/h4-6,9-11H,7-8H2,1-3H3,(H2,22,26)(H,23,24). The van der Waals surface area contributed by atoms with E-state index in [1.807, 2.05) is 49.7 Å². The van der Waals surface area contributed by atoms with Crippen molar-refractivity contribution < 1.29 is 0 Å². The van der Waals surface area contributed by atoms with Gasteiger partial charge in [0.1, 0.15) is 23.0 Å². The number of nitrogen functional groups attached to an aromatic ring is 1. The molecule has 0 saturated heterocycles. The molecule has 0 bridgehead atoms. The Bertz CT molecular complexity index is 1150. The SMILES string of the molecule is Cc1cccc(Cl)c1-c1ncc2c(N)nc3cc(NCCN(C)C)ncc3n12. The minimum atomic E-state index is 0.418. The summed E-state index contributed by atoms with van der Waals surface area (Å²) in [6, 6.07) is 7.71. The van der Waals surface area contributed by atoms with E-state index in [0.717, 1.165) is 52.4 Å². The summed E-state index contributed by atoms with van der Waals surface area (Å²) in [6.07, 6.45) is 3.52. The van der Waals surface area contributed by atoms with Crippen LogP contribution >= 0.6 is 11.6 Å². The number of likely N-dealkylation sites (N-methyl/N-ethyl adjacent to an activating group) is 1. The number of benzene rings is 1.